The summed E-state index contributed by atoms with van der Waals surface area (Å²) >= 11 is 3.39. The van der Waals surface area contributed by atoms with E-state index >= 15 is 0 Å². The van der Waals surface area contributed by atoms with Crippen molar-refractivity contribution >= 4 is 27.9 Å². The number of carbonyl (C=O) groups is 2. The Morgan fingerprint density at radius 1 is 1.18 bits per heavy atom. The van der Waals surface area contributed by atoms with Crippen molar-refractivity contribution in [3.05, 3.63) is 57.8 Å². The van der Waals surface area contributed by atoms with E-state index in [0.717, 1.165) is 14.9 Å². The standard InChI is InChI=1S/C19H17BrN4O4/c1-10-7-14(11(2)27-10)19(3)17(25)24(18(26)21-19)9-15-22-23-16(28-15)12-5-4-6-13(20)8-12/h4-8H,9H2,1-3H3,(H,21,26). The molecule has 3 aromatic rings. The van der Waals surface area contributed by atoms with Gasteiger partial charge in [-0.25, -0.2) is 4.79 Å². The van der Waals surface area contributed by atoms with Crippen molar-refractivity contribution in [1.29, 1.82) is 0 Å². The molecule has 0 bridgehead atoms. The lowest BCUT2D eigenvalue weighted by Crippen LogP contribution is -2.41. The number of furan rings is 1. The first kappa shape index (κ1) is 18.4. The average molecular weight is 445 g/mol. The highest BCUT2D eigenvalue weighted by molar-refractivity contribution is 9.10. The third-order valence-electron chi connectivity index (χ3n) is 4.69. The molecule has 1 aromatic carbocycles. The zero-order chi connectivity index (χ0) is 20.1. The molecule has 144 valence electrons. The molecule has 1 atom stereocenters. The molecule has 3 amide bonds. The van der Waals surface area contributed by atoms with Crippen LogP contribution in [0, 0.1) is 13.8 Å². The van der Waals surface area contributed by atoms with Crippen LogP contribution in [0.1, 0.15) is 29.9 Å². The van der Waals surface area contributed by atoms with Gasteiger partial charge in [0.1, 0.15) is 23.6 Å². The van der Waals surface area contributed by atoms with E-state index in [1.165, 1.54) is 0 Å². The number of aryl methyl sites for hydroxylation is 2. The number of nitrogens with zero attached hydrogens (tertiary/aromatic N) is 3. The molecule has 1 aliphatic rings. The van der Waals surface area contributed by atoms with Crippen molar-refractivity contribution in [2.45, 2.75) is 32.9 Å². The average Bonchev–Trinajstić information content (AvgIpc) is 3.30. The number of benzene rings is 1. The lowest BCUT2D eigenvalue weighted by molar-refractivity contribution is -0.131. The summed E-state index contributed by atoms with van der Waals surface area (Å²) < 4.78 is 12.0. The van der Waals surface area contributed by atoms with Gasteiger partial charge < -0.3 is 14.2 Å². The Bertz CT molecular complexity index is 1090. The Morgan fingerprint density at radius 2 is 1.96 bits per heavy atom. The van der Waals surface area contributed by atoms with Gasteiger partial charge in [-0.1, -0.05) is 22.0 Å². The lowest BCUT2D eigenvalue weighted by Gasteiger charge is -2.20. The number of nitrogens with one attached hydrogen (secondary N) is 1. The molecule has 9 heteroatoms. The summed E-state index contributed by atoms with van der Waals surface area (Å²) in [6.45, 7) is 5.10. The minimum absolute atomic E-state index is 0.114. The van der Waals surface area contributed by atoms with Gasteiger partial charge in [-0.2, -0.15) is 0 Å². The molecule has 1 N–H and O–H groups in total. The molecule has 4 rings (SSSR count). The Hall–Kier alpha value is -2.94. The van der Waals surface area contributed by atoms with Crippen LogP contribution in [0.2, 0.25) is 0 Å². The number of urea groups is 1. The van der Waals surface area contributed by atoms with E-state index in [2.05, 4.69) is 31.4 Å². The number of aromatic nitrogens is 2. The topological polar surface area (TPSA) is 101 Å². The molecular formula is C19H17BrN4O4. The summed E-state index contributed by atoms with van der Waals surface area (Å²) in [5, 5.41) is 10.7. The van der Waals surface area contributed by atoms with Gasteiger partial charge >= 0.3 is 6.03 Å². The predicted octanol–water partition coefficient (Wildman–Crippen LogP) is 3.68. The zero-order valence-electron chi connectivity index (χ0n) is 15.4. The number of hydrogen-bond donors (Lipinski definition) is 1. The predicted molar refractivity (Wildman–Crippen MR) is 102 cm³/mol. The van der Waals surface area contributed by atoms with Gasteiger partial charge in [0.05, 0.1) is 0 Å². The minimum Gasteiger partial charge on any atom is -0.466 e. The zero-order valence-corrected chi connectivity index (χ0v) is 17.0. The molecule has 8 nitrogen and oxygen atoms in total. The fourth-order valence-corrected chi connectivity index (χ4v) is 3.74. The quantitative estimate of drug-likeness (QED) is 0.615. The first-order chi connectivity index (χ1) is 13.3. The van der Waals surface area contributed by atoms with Crippen LogP contribution in [0.25, 0.3) is 11.5 Å². The maximum absolute atomic E-state index is 13.0. The van der Waals surface area contributed by atoms with Gasteiger partial charge in [0.15, 0.2) is 0 Å². The molecular weight excluding hydrogens is 428 g/mol. The molecule has 0 aliphatic carbocycles. The van der Waals surface area contributed by atoms with E-state index in [4.69, 9.17) is 8.83 Å². The molecule has 1 aliphatic heterocycles. The Balaban J connectivity index is 1.58. The third kappa shape index (κ3) is 3.01. The van der Waals surface area contributed by atoms with Gasteiger partial charge in [0, 0.05) is 15.6 Å². The molecule has 0 spiro atoms. The van der Waals surface area contributed by atoms with Crippen molar-refractivity contribution < 1.29 is 18.4 Å². The molecule has 1 saturated heterocycles. The monoisotopic (exact) mass is 444 g/mol. The van der Waals surface area contributed by atoms with Crippen molar-refractivity contribution in [3.63, 3.8) is 0 Å². The fourth-order valence-electron chi connectivity index (χ4n) is 3.34. The summed E-state index contributed by atoms with van der Waals surface area (Å²) in [5.41, 5.74) is 0.164. The molecule has 1 unspecified atom stereocenters. The first-order valence-corrected chi connectivity index (χ1v) is 9.37. The molecule has 2 aromatic heterocycles. The summed E-state index contributed by atoms with van der Waals surface area (Å²) in [7, 11) is 0. The van der Waals surface area contributed by atoms with Crippen LogP contribution in [-0.4, -0.2) is 27.0 Å². The summed E-state index contributed by atoms with van der Waals surface area (Å²) in [6.07, 6.45) is 0. The fraction of sp³-hybridized carbons (Fsp3) is 0.263. The molecule has 0 radical (unpaired) electrons. The largest absolute Gasteiger partial charge is 0.466 e. The second-order valence-electron chi connectivity index (χ2n) is 6.78. The Morgan fingerprint density at radius 3 is 2.64 bits per heavy atom. The molecule has 3 heterocycles. The second-order valence-corrected chi connectivity index (χ2v) is 7.70. The first-order valence-electron chi connectivity index (χ1n) is 8.58. The highest BCUT2D eigenvalue weighted by Gasteiger charge is 2.51. The van der Waals surface area contributed by atoms with Gasteiger partial charge in [-0.3, -0.25) is 9.69 Å². The number of amides is 3. The molecule has 28 heavy (non-hydrogen) atoms. The Labute approximate surface area is 169 Å². The van der Waals surface area contributed by atoms with Gasteiger partial charge in [-0.15, -0.1) is 10.2 Å². The van der Waals surface area contributed by atoms with Crippen molar-refractivity contribution in [3.8, 4) is 11.5 Å². The number of rotatable bonds is 4. The highest BCUT2D eigenvalue weighted by Crippen LogP contribution is 2.33. The van der Waals surface area contributed by atoms with Crippen LogP contribution in [-0.2, 0) is 16.9 Å². The van der Waals surface area contributed by atoms with Gasteiger partial charge in [0.2, 0.25) is 11.8 Å². The smallest absolute Gasteiger partial charge is 0.325 e. The Kier molecular flexibility index (Phi) is 4.34. The molecule has 0 saturated carbocycles. The summed E-state index contributed by atoms with van der Waals surface area (Å²) in [6, 6.07) is 8.64. The van der Waals surface area contributed by atoms with Crippen LogP contribution < -0.4 is 5.32 Å². The summed E-state index contributed by atoms with van der Waals surface area (Å²) in [5.74, 6) is 1.34. The van der Waals surface area contributed by atoms with E-state index < -0.39 is 17.5 Å². The van der Waals surface area contributed by atoms with Crippen molar-refractivity contribution in [1.82, 2.24) is 20.4 Å². The lowest BCUT2D eigenvalue weighted by atomic mass is 9.92. The van der Waals surface area contributed by atoms with E-state index in [1.54, 1.807) is 26.8 Å². The van der Waals surface area contributed by atoms with Crippen LogP contribution >= 0.6 is 15.9 Å². The number of carbonyl (C=O) groups excluding carboxylic acids is 2. The van der Waals surface area contributed by atoms with Crippen LogP contribution in [0.5, 0.6) is 0 Å². The SMILES string of the molecule is Cc1cc(C2(C)NC(=O)N(Cc3nnc(-c4cccc(Br)c4)o3)C2=O)c(C)o1. The maximum atomic E-state index is 13.0. The number of imide groups is 1. The number of hydrogen-bond acceptors (Lipinski definition) is 6. The van der Waals surface area contributed by atoms with Crippen LogP contribution in [0.4, 0.5) is 4.79 Å². The number of halogens is 1. The van der Waals surface area contributed by atoms with Crippen molar-refractivity contribution in [2.24, 2.45) is 0 Å². The van der Waals surface area contributed by atoms with Crippen LogP contribution in [0.3, 0.4) is 0 Å². The normalized spacial score (nSPS) is 19.4. The third-order valence-corrected chi connectivity index (χ3v) is 5.18. The van der Waals surface area contributed by atoms with E-state index in [0.29, 0.717) is 23.0 Å². The van der Waals surface area contributed by atoms with Gasteiger partial charge in [0.25, 0.3) is 5.91 Å². The maximum Gasteiger partial charge on any atom is 0.325 e. The van der Waals surface area contributed by atoms with Crippen LogP contribution in [0.15, 0.2) is 43.6 Å². The highest BCUT2D eigenvalue weighted by atomic mass is 79.9. The van der Waals surface area contributed by atoms with E-state index in [9.17, 15) is 9.59 Å². The minimum atomic E-state index is -1.20. The summed E-state index contributed by atoms with van der Waals surface area (Å²) in [4.78, 5) is 26.6. The van der Waals surface area contributed by atoms with Gasteiger partial charge in [-0.05, 0) is 45.0 Å². The van der Waals surface area contributed by atoms with Crippen molar-refractivity contribution in [2.75, 3.05) is 0 Å². The second kappa shape index (κ2) is 6.59. The van der Waals surface area contributed by atoms with E-state index in [-0.39, 0.29) is 12.4 Å². The molecule has 1 fully saturated rings. The van der Waals surface area contributed by atoms with E-state index in [1.807, 2.05) is 24.3 Å².